The molecule has 0 bridgehead atoms. The minimum atomic E-state index is -1.63. The Morgan fingerprint density at radius 2 is 0.878 bits per heavy atom. The van der Waals surface area contributed by atoms with Crippen LogP contribution in [-0.4, -0.2) is 99.6 Å². The number of amides is 1. The number of nitrogens with one attached hydrogen (secondary N) is 1. The number of unbranched alkanes of at least 4 members (excludes halogenated alkanes) is 22. The molecule has 11 heteroatoms. The largest absolute Gasteiger partial charge is 0.454 e. The number of hydrogen-bond acceptors (Lipinski definition) is 10. The van der Waals surface area contributed by atoms with Crippen molar-refractivity contribution in [2.75, 3.05) is 13.2 Å². The van der Waals surface area contributed by atoms with E-state index in [1.807, 2.05) is 12.2 Å². The van der Waals surface area contributed by atoms with Crippen molar-refractivity contribution in [2.24, 2.45) is 0 Å². The van der Waals surface area contributed by atoms with Crippen LogP contribution in [0.2, 0.25) is 0 Å². The number of carbonyl (C=O) groups is 2. The minimum absolute atomic E-state index is 0.103. The fourth-order valence-corrected chi connectivity index (χ4v) is 9.43. The zero-order chi connectivity index (χ0) is 59.6. The van der Waals surface area contributed by atoms with Crippen LogP contribution < -0.4 is 5.32 Å². The molecule has 0 aliphatic carbocycles. The van der Waals surface area contributed by atoms with Crippen LogP contribution >= 0.6 is 0 Å². The van der Waals surface area contributed by atoms with Gasteiger partial charge in [0.25, 0.3) is 0 Å². The van der Waals surface area contributed by atoms with Crippen LogP contribution in [0.1, 0.15) is 252 Å². The summed E-state index contributed by atoms with van der Waals surface area (Å²) < 4.78 is 17.6. The summed E-state index contributed by atoms with van der Waals surface area (Å²) in [5.41, 5.74) is 0. The maximum atomic E-state index is 13.4. The fourth-order valence-electron chi connectivity index (χ4n) is 9.43. The Morgan fingerprint density at radius 3 is 1.34 bits per heavy atom. The zero-order valence-electron chi connectivity index (χ0n) is 51.8. The molecule has 1 fully saturated rings. The zero-order valence-corrected chi connectivity index (χ0v) is 51.8. The Kier molecular flexibility index (Phi) is 53.3. The molecule has 11 nitrogen and oxygen atoms in total. The Hall–Kier alpha value is -3.94. The second-order valence-electron chi connectivity index (χ2n) is 22.1. The maximum absolute atomic E-state index is 13.4. The SMILES string of the molecule is CC/C=C\C/C=C\C/C=C\C/C=C\C/C=C\C/C=C\CCCC(O)C(=O)NC(COC1OC(CO)C(O)C(O)C1OC(=O)CCCCCCCCCC/C=C\C/C=C\C/C=C\CCCCC)C(O)/C=C/CCCCCCCCCCCC. The lowest BCUT2D eigenvalue weighted by Crippen LogP contribution is -2.61. The number of carbonyl (C=O) groups excluding carboxylic acids is 2. The molecule has 1 aliphatic rings. The van der Waals surface area contributed by atoms with Gasteiger partial charge in [0, 0.05) is 6.42 Å². The Labute approximate surface area is 500 Å². The number of aliphatic hydroxyl groups is 5. The number of allylic oxidation sites excluding steroid dienone is 19. The molecule has 0 aromatic carbocycles. The second kappa shape index (κ2) is 57.5. The third kappa shape index (κ3) is 44.6. The summed E-state index contributed by atoms with van der Waals surface area (Å²) in [4.78, 5) is 26.6. The Bertz CT molecular complexity index is 1800. The van der Waals surface area contributed by atoms with Gasteiger partial charge in [-0.25, -0.2) is 0 Å². The van der Waals surface area contributed by atoms with Crippen molar-refractivity contribution >= 4 is 11.9 Å². The molecule has 0 spiro atoms. The molecule has 0 saturated carbocycles. The highest BCUT2D eigenvalue weighted by molar-refractivity contribution is 5.80. The van der Waals surface area contributed by atoms with Crippen LogP contribution in [-0.2, 0) is 23.8 Å². The number of aliphatic hydroxyl groups excluding tert-OH is 5. The Balaban J connectivity index is 2.69. The van der Waals surface area contributed by atoms with Gasteiger partial charge in [-0.1, -0.05) is 251 Å². The molecule has 1 saturated heterocycles. The molecule has 6 N–H and O–H groups in total. The molecule has 0 radical (unpaired) electrons. The maximum Gasteiger partial charge on any atom is 0.306 e. The lowest BCUT2D eigenvalue weighted by atomic mass is 9.99. The summed E-state index contributed by atoms with van der Waals surface area (Å²) in [6.07, 6.45) is 69.4. The molecular formula is C71H119NO10. The van der Waals surface area contributed by atoms with Gasteiger partial charge in [0.05, 0.1) is 25.4 Å². The summed E-state index contributed by atoms with van der Waals surface area (Å²) in [6, 6.07) is -1.06. The van der Waals surface area contributed by atoms with Gasteiger partial charge in [-0.2, -0.15) is 0 Å². The van der Waals surface area contributed by atoms with E-state index in [-0.39, 0.29) is 19.4 Å². The molecule has 468 valence electrons. The van der Waals surface area contributed by atoms with Crippen LogP contribution in [0.5, 0.6) is 0 Å². The smallest absolute Gasteiger partial charge is 0.306 e. The highest BCUT2D eigenvalue weighted by Gasteiger charge is 2.47. The van der Waals surface area contributed by atoms with E-state index >= 15 is 0 Å². The third-order valence-electron chi connectivity index (χ3n) is 14.6. The third-order valence-corrected chi connectivity index (χ3v) is 14.6. The van der Waals surface area contributed by atoms with Gasteiger partial charge in [-0.15, -0.1) is 0 Å². The first-order valence-corrected chi connectivity index (χ1v) is 32.8. The van der Waals surface area contributed by atoms with Gasteiger partial charge in [0.15, 0.2) is 12.4 Å². The van der Waals surface area contributed by atoms with Crippen LogP contribution in [0.15, 0.2) is 122 Å². The highest BCUT2D eigenvalue weighted by atomic mass is 16.7. The van der Waals surface area contributed by atoms with E-state index in [9.17, 15) is 35.1 Å². The molecular weight excluding hydrogens is 1030 g/mol. The lowest BCUT2D eigenvalue weighted by molar-refractivity contribution is -0.305. The first-order valence-electron chi connectivity index (χ1n) is 32.8. The van der Waals surface area contributed by atoms with E-state index in [2.05, 4.69) is 129 Å². The van der Waals surface area contributed by atoms with Crippen molar-refractivity contribution < 1.29 is 49.3 Å². The Morgan fingerprint density at radius 1 is 0.488 bits per heavy atom. The molecule has 0 aromatic heterocycles. The van der Waals surface area contributed by atoms with Crippen molar-refractivity contribution in [3.8, 4) is 0 Å². The molecule has 8 unspecified atom stereocenters. The molecule has 1 heterocycles. The summed E-state index contributed by atoms with van der Waals surface area (Å²) in [7, 11) is 0. The quantitative estimate of drug-likeness (QED) is 0.0195. The van der Waals surface area contributed by atoms with E-state index in [1.165, 1.54) is 89.9 Å². The topological polar surface area (TPSA) is 175 Å². The molecule has 0 aromatic rings. The standard InChI is InChI=1S/C71H119NO10/c1-4-7-10-13-16-19-22-25-27-29-31-33-35-37-39-41-44-47-50-53-56-59-66(76)82-69-68(78)67(77)65(60-73)81-71(69)80-61-62(63(74)57-54-51-48-45-42-24-21-18-15-12-9-6-3)72-70(79)64(75)58-55-52-49-46-43-40-38-36-34-32-30-28-26-23-20-17-14-11-8-5-2/h8,11,16-17,19-20,25-28,31-34,38,40,46,49,54,57,62-65,67-69,71,73-75,77-78H,4-7,9-10,12-15,18,21-24,29-30,35-37,39,41-45,47-48,50-53,55-56,58-61H2,1-3H3,(H,72,79)/b11-8-,19-16-,20-17-,27-25-,28-26-,33-31-,34-32-,40-38-,49-46-,57-54+. The van der Waals surface area contributed by atoms with Crippen LogP contribution in [0.4, 0.5) is 0 Å². The normalized spacial score (nSPS) is 19.4. The van der Waals surface area contributed by atoms with Crippen molar-refractivity contribution in [2.45, 2.75) is 301 Å². The summed E-state index contributed by atoms with van der Waals surface area (Å²) >= 11 is 0. The fraction of sp³-hybridized carbons (Fsp3) is 0.690. The molecule has 8 atom stereocenters. The summed E-state index contributed by atoms with van der Waals surface area (Å²) in [6.45, 7) is 5.61. The van der Waals surface area contributed by atoms with Gasteiger partial charge >= 0.3 is 5.97 Å². The van der Waals surface area contributed by atoms with Crippen molar-refractivity contribution in [1.29, 1.82) is 0 Å². The summed E-state index contributed by atoms with van der Waals surface area (Å²) in [5.74, 6) is -1.25. The van der Waals surface area contributed by atoms with Crippen molar-refractivity contribution in [3.63, 3.8) is 0 Å². The van der Waals surface area contributed by atoms with Gasteiger partial charge < -0.3 is 45.1 Å². The monoisotopic (exact) mass is 1150 g/mol. The van der Waals surface area contributed by atoms with E-state index in [0.29, 0.717) is 19.3 Å². The van der Waals surface area contributed by atoms with Gasteiger partial charge in [0.2, 0.25) is 5.91 Å². The number of hydrogen-bond donors (Lipinski definition) is 6. The number of rotatable bonds is 54. The predicted octanol–water partition coefficient (Wildman–Crippen LogP) is 16.2. The first-order chi connectivity index (χ1) is 40.2. The van der Waals surface area contributed by atoms with E-state index in [4.69, 9.17) is 14.2 Å². The highest BCUT2D eigenvalue weighted by Crippen LogP contribution is 2.26. The lowest BCUT2D eigenvalue weighted by Gasteiger charge is -2.41. The van der Waals surface area contributed by atoms with Gasteiger partial charge in [-0.3, -0.25) is 9.59 Å². The molecule has 1 rings (SSSR count). The van der Waals surface area contributed by atoms with Crippen LogP contribution in [0.25, 0.3) is 0 Å². The van der Waals surface area contributed by atoms with E-state index < -0.39 is 67.4 Å². The van der Waals surface area contributed by atoms with Crippen LogP contribution in [0, 0.1) is 0 Å². The van der Waals surface area contributed by atoms with Crippen molar-refractivity contribution in [1.82, 2.24) is 5.32 Å². The summed E-state index contributed by atoms with van der Waals surface area (Å²) in [5, 5.41) is 57.0. The second-order valence-corrected chi connectivity index (χ2v) is 22.1. The van der Waals surface area contributed by atoms with Gasteiger partial charge in [0.1, 0.15) is 24.4 Å². The average molecular weight is 1150 g/mol. The molecule has 82 heavy (non-hydrogen) atoms. The van der Waals surface area contributed by atoms with E-state index in [0.717, 1.165) is 109 Å². The van der Waals surface area contributed by atoms with Crippen molar-refractivity contribution in [3.05, 3.63) is 122 Å². The molecule has 1 amide bonds. The average Bonchev–Trinajstić information content (AvgIpc) is 3.66. The number of ether oxygens (including phenoxy) is 3. The minimum Gasteiger partial charge on any atom is -0.454 e. The van der Waals surface area contributed by atoms with E-state index in [1.54, 1.807) is 6.08 Å². The van der Waals surface area contributed by atoms with Gasteiger partial charge in [-0.05, 0) is 116 Å². The number of esters is 1. The first kappa shape index (κ1) is 76.1. The van der Waals surface area contributed by atoms with Crippen LogP contribution in [0.3, 0.4) is 0 Å². The molecule has 1 aliphatic heterocycles. The predicted molar refractivity (Wildman–Crippen MR) is 342 cm³/mol.